The number of hydrogen-bond acceptors (Lipinski definition) is 2. The highest BCUT2D eigenvalue weighted by Crippen LogP contribution is 2.51. The Bertz CT molecular complexity index is 3230. The van der Waals surface area contributed by atoms with Crippen molar-refractivity contribution in [3.8, 4) is 44.5 Å². The molecule has 0 heterocycles. The van der Waals surface area contributed by atoms with Gasteiger partial charge in [-0.15, -0.1) is 0 Å². The van der Waals surface area contributed by atoms with Gasteiger partial charge in [0.2, 0.25) is 0 Å². The molecule has 0 bridgehead atoms. The van der Waals surface area contributed by atoms with E-state index in [0.29, 0.717) is 0 Å². The fourth-order valence-corrected chi connectivity index (χ4v) is 9.75. The van der Waals surface area contributed by atoms with E-state index in [9.17, 15) is 0 Å². The van der Waals surface area contributed by atoms with Gasteiger partial charge in [-0.1, -0.05) is 196 Å². The monoisotopic (exact) mass is 806 g/mol. The van der Waals surface area contributed by atoms with E-state index in [4.69, 9.17) is 0 Å². The van der Waals surface area contributed by atoms with E-state index in [1.807, 2.05) is 0 Å². The molecule has 0 aromatic heterocycles. The molecule has 0 N–H and O–H groups in total. The Morgan fingerprint density at radius 1 is 0.302 bits per heavy atom. The first-order valence-electron chi connectivity index (χ1n) is 21.8. The van der Waals surface area contributed by atoms with E-state index < -0.39 is 0 Å². The van der Waals surface area contributed by atoms with Crippen LogP contribution < -0.4 is 9.80 Å². The fraction of sp³-hybridized carbons (Fsp3) is 0.0492. The first-order valence-corrected chi connectivity index (χ1v) is 21.8. The summed E-state index contributed by atoms with van der Waals surface area (Å²) in [5.41, 5.74) is 19.1. The van der Waals surface area contributed by atoms with E-state index in [-0.39, 0.29) is 5.41 Å². The van der Waals surface area contributed by atoms with Crippen LogP contribution in [0.5, 0.6) is 0 Å². The van der Waals surface area contributed by atoms with E-state index in [2.05, 4.69) is 266 Å². The van der Waals surface area contributed by atoms with Gasteiger partial charge in [0.15, 0.2) is 0 Å². The largest absolute Gasteiger partial charge is 0.310 e. The van der Waals surface area contributed by atoms with Crippen LogP contribution in [0.25, 0.3) is 55.3 Å². The maximum absolute atomic E-state index is 2.42. The van der Waals surface area contributed by atoms with Crippen molar-refractivity contribution in [1.82, 2.24) is 0 Å². The molecule has 63 heavy (non-hydrogen) atoms. The van der Waals surface area contributed by atoms with Crippen LogP contribution in [-0.2, 0) is 5.41 Å². The van der Waals surface area contributed by atoms with Crippen molar-refractivity contribution in [3.05, 3.63) is 254 Å². The SMILES string of the molecule is CC1(C)c2ccccc2-c2ccc(N(c3ccccc3)c3ccccc3-c3ccc(-c4ccc(N(c5ccccc5)c5ccc6ccccc6c5-c5ccccc5)cc4)cc3)cc21. The molecular formula is C61H46N2. The molecule has 0 radical (unpaired) electrons. The Kier molecular flexibility index (Phi) is 9.55. The van der Waals surface area contributed by atoms with Crippen molar-refractivity contribution in [2.24, 2.45) is 0 Å². The van der Waals surface area contributed by atoms with E-state index in [1.54, 1.807) is 0 Å². The number of benzene rings is 10. The van der Waals surface area contributed by atoms with Crippen LogP contribution in [0.4, 0.5) is 34.1 Å². The molecule has 11 rings (SSSR count). The second-order valence-corrected chi connectivity index (χ2v) is 16.9. The molecule has 0 amide bonds. The lowest BCUT2D eigenvalue weighted by molar-refractivity contribution is 0.660. The van der Waals surface area contributed by atoms with Gasteiger partial charge in [-0.3, -0.25) is 0 Å². The summed E-state index contributed by atoms with van der Waals surface area (Å²) in [4.78, 5) is 4.80. The first kappa shape index (κ1) is 38.0. The van der Waals surface area contributed by atoms with Gasteiger partial charge in [0, 0.05) is 39.3 Å². The normalized spacial score (nSPS) is 12.4. The van der Waals surface area contributed by atoms with Gasteiger partial charge in [-0.2, -0.15) is 0 Å². The minimum atomic E-state index is -0.0980. The standard InChI is InChI=1S/C61H46N2/c1-61(2)56-28-16-14-27-54(56)55-40-39-51(42-57(55)61)63(49-23-10-5-11-24-49)58-29-17-15-25-52(58)46-32-30-43(31-33-46)44-34-37-50(38-35-44)62(48-21-8-4-9-22-48)59-41-36-45-18-12-13-26-53(45)60(59)47-19-6-3-7-20-47/h3-42H,1-2H3. The summed E-state index contributed by atoms with van der Waals surface area (Å²) in [6, 6.07) is 88.1. The Labute approximate surface area is 370 Å². The Hall–Kier alpha value is -7.94. The number of hydrogen-bond donors (Lipinski definition) is 0. The zero-order valence-electron chi connectivity index (χ0n) is 35.5. The molecule has 10 aromatic carbocycles. The number of fused-ring (bicyclic) bond motifs is 4. The third kappa shape index (κ3) is 6.77. The van der Waals surface area contributed by atoms with Crippen LogP contribution in [0.2, 0.25) is 0 Å². The predicted octanol–water partition coefficient (Wildman–Crippen LogP) is 17.1. The number of nitrogens with zero attached hydrogens (tertiary/aromatic N) is 2. The summed E-state index contributed by atoms with van der Waals surface area (Å²) in [6.45, 7) is 4.70. The van der Waals surface area contributed by atoms with Crippen molar-refractivity contribution in [2.75, 3.05) is 9.80 Å². The van der Waals surface area contributed by atoms with Crippen molar-refractivity contribution < 1.29 is 0 Å². The zero-order chi connectivity index (χ0) is 42.3. The maximum Gasteiger partial charge on any atom is 0.0546 e. The topological polar surface area (TPSA) is 6.48 Å². The lowest BCUT2D eigenvalue weighted by Gasteiger charge is -2.29. The van der Waals surface area contributed by atoms with Crippen molar-refractivity contribution in [2.45, 2.75) is 19.3 Å². The van der Waals surface area contributed by atoms with E-state index >= 15 is 0 Å². The van der Waals surface area contributed by atoms with Crippen molar-refractivity contribution in [3.63, 3.8) is 0 Å². The zero-order valence-corrected chi connectivity index (χ0v) is 35.5. The molecule has 0 fully saturated rings. The first-order chi connectivity index (χ1) is 31.0. The molecule has 2 nitrogen and oxygen atoms in total. The quantitative estimate of drug-likeness (QED) is 0.143. The summed E-state index contributed by atoms with van der Waals surface area (Å²) in [5, 5.41) is 2.45. The average Bonchev–Trinajstić information content (AvgIpc) is 3.58. The minimum absolute atomic E-state index is 0.0980. The second-order valence-electron chi connectivity index (χ2n) is 16.9. The molecular weight excluding hydrogens is 761 g/mol. The summed E-state index contributed by atoms with van der Waals surface area (Å²) < 4.78 is 0. The smallest absolute Gasteiger partial charge is 0.0546 e. The summed E-state index contributed by atoms with van der Waals surface area (Å²) in [6.07, 6.45) is 0. The molecule has 1 aliphatic rings. The highest BCUT2D eigenvalue weighted by atomic mass is 15.1. The van der Waals surface area contributed by atoms with Gasteiger partial charge >= 0.3 is 0 Å². The molecule has 0 saturated heterocycles. The molecule has 1 aliphatic carbocycles. The summed E-state index contributed by atoms with van der Waals surface area (Å²) in [7, 11) is 0. The van der Waals surface area contributed by atoms with Crippen LogP contribution in [-0.4, -0.2) is 0 Å². The van der Waals surface area contributed by atoms with Crippen molar-refractivity contribution in [1.29, 1.82) is 0 Å². The fourth-order valence-electron chi connectivity index (χ4n) is 9.75. The Morgan fingerprint density at radius 2 is 0.794 bits per heavy atom. The van der Waals surface area contributed by atoms with Gasteiger partial charge < -0.3 is 9.80 Å². The average molecular weight is 807 g/mol. The highest BCUT2D eigenvalue weighted by molar-refractivity contribution is 6.05. The molecule has 300 valence electrons. The molecule has 0 spiro atoms. The minimum Gasteiger partial charge on any atom is -0.310 e. The van der Waals surface area contributed by atoms with E-state index in [1.165, 1.54) is 66.4 Å². The van der Waals surface area contributed by atoms with Crippen LogP contribution in [0.15, 0.2) is 243 Å². The molecule has 0 aliphatic heterocycles. The van der Waals surface area contributed by atoms with Gasteiger partial charge in [0.25, 0.3) is 0 Å². The lowest BCUT2D eigenvalue weighted by Crippen LogP contribution is -2.16. The van der Waals surface area contributed by atoms with Gasteiger partial charge in [-0.25, -0.2) is 0 Å². The molecule has 0 unspecified atom stereocenters. The lowest BCUT2D eigenvalue weighted by atomic mass is 9.82. The van der Waals surface area contributed by atoms with Crippen LogP contribution in [0, 0.1) is 0 Å². The highest BCUT2D eigenvalue weighted by Gasteiger charge is 2.36. The second kappa shape index (κ2) is 15.8. The molecule has 0 saturated carbocycles. The van der Waals surface area contributed by atoms with Crippen molar-refractivity contribution >= 4 is 44.9 Å². The third-order valence-electron chi connectivity index (χ3n) is 12.9. The Morgan fingerprint density at radius 3 is 1.49 bits per heavy atom. The maximum atomic E-state index is 2.42. The van der Waals surface area contributed by atoms with Crippen LogP contribution in [0.1, 0.15) is 25.0 Å². The van der Waals surface area contributed by atoms with Gasteiger partial charge in [0.1, 0.15) is 0 Å². The Balaban J connectivity index is 0.951. The molecule has 2 heteroatoms. The molecule has 0 atom stereocenters. The van der Waals surface area contributed by atoms with Gasteiger partial charge in [0.05, 0.1) is 11.4 Å². The van der Waals surface area contributed by atoms with Crippen LogP contribution >= 0.6 is 0 Å². The molecule has 10 aromatic rings. The number of para-hydroxylation sites is 3. The number of rotatable bonds is 9. The van der Waals surface area contributed by atoms with Gasteiger partial charge in [-0.05, 0) is 116 Å². The summed E-state index contributed by atoms with van der Waals surface area (Å²) in [5.74, 6) is 0. The summed E-state index contributed by atoms with van der Waals surface area (Å²) >= 11 is 0. The predicted molar refractivity (Wildman–Crippen MR) is 267 cm³/mol. The van der Waals surface area contributed by atoms with Crippen LogP contribution in [0.3, 0.4) is 0 Å². The third-order valence-corrected chi connectivity index (χ3v) is 12.9. The number of anilines is 6. The van der Waals surface area contributed by atoms with E-state index in [0.717, 1.165) is 34.1 Å².